The van der Waals surface area contributed by atoms with Gasteiger partial charge < -0.3 is 15.0 Å². The second kappa shape index (κ2) is 5.48. The molecule has 0 saturated carbocycles. The molecule has 2 aliphatic rings. The quantitative estimate of drug-likeness (QED) is 0.832. The van der Waals surface area contributed by atoms with Crippen LogP contribution in [0.4, 0.5) is 4.79 Å². The monoisotopic (exact) mass is 297 g/mol. The summed E-state index contributed by atoms with van der Waals surface area (Å²) in [5.74, 6) is 0.0162. The smallest absolute Gasteiger partial charge is 0.411 e. The predicted molar refractivity (Wildman–Crippen MR) is 80.0 cm³/mol. The number of hydrogen-bond acceptors (Lipinski definition) is 4. The van der Waals surface area contributed by atoms with Gasteiger partial charge >= 0.3 is 6.09 Å². The minimum atomic E-state index is -0.505. The summed E-state index contributed by atoms with van der Waals surface area (Å²) in [5, 5.41) is 3.39. The third kappa shape index (κ3) is 3.31. The highest BCUT2D eigenvalue weighted by atomic mass is 16.6. The SMILES string of the molecule is CC(=O)N(C)CC12CCC(CNC1)N2C(=O)OC(C)(C)C. The van der Waals surface area contributed by atoms with E-state index in [4.69, 9.17) is 4.74 Å². The Morgan fingerprint density at radius 3 is 2.67 bits per heavy atom. The third-order valence-electron chi connectivity index (χ3n) is 4.31. The third-order valence-corrected chi connectivity index (χ3v) is 4.31. The number of fused-ring (bicyclic) bond motifs is 2. The van der Waals surface area contributed by atoms with E-state index < -0.39 is 5.60 Å². The highest BCUT2D eigenvalue weighted by Gasteiger charge is 2.53. The van der Waals surface area contributed by atoms with Gasteiger partial charge in [0.2, 0.25) is 5.91 Å². The van der Waals surface area contributed by atoms with Crippen LogP contribution in [0.15, 0.2) is 0 Å². The normalized spacial score (nSPS) is 28.4. The number of ether oxygens (including phenoxy) is 1. The molecule has 120 valence electrons. The highest BCUT2D eigenvalue weighted by Crippen LogP contribution is 2.38. The molecule has 2 aliphatic heterocycles. The Balaban J connectivity index is 2.20. The zero-order chi connectivity index (χ0) is 15.8. The lowest BCUT2D eigenvalue weighted by Crippen LogP contribution is -2.66. The van der Waals surface area contributed by atoms with Crippen LogP contribution in [0.2, 0.25) is 0 Å². The van der Waals surface area contributed by atoms with Crippen molar-refractivity contribution in [3.63, 3.8) is 0 Å². The first-order valence-electron chi connectivity index (χ1n) is 7.59. The fourth-order valence-electron chi connectivity index (χ4n) is 3.33. The molecule has 2 atom stereocenters. The van der Waals surface area contributed by atoms with E-state index in [0.29, 0.717) is 13.1 Å². The number of carbonyl (C=O) groups is 2. The van der Waals surface area contributed by atoms with Gasteiger partial charge in [-0.25, -0.2) is 4.79 Å². The number of piperazine rings is 1. The van der Waals surface area contributed by atoms with Crippen molar-refractivity contribution in [2.45, 2.75) is 57.7 Å². The van der Waals surface area contributed by atoms with Crippen LogP contribution in [0.25, 0.3) is 0 Å². The molecular formula is C15H27N3O3. The number of amides is 2. The van der Waals surface area contributed by atoms with E-state index in [2.05, 4.69) is 5.32 Å². The van der Waals surface area contributed by atoms with E-state index in [-0.39, 0.29) is 23.6 Å². The Labute approximate surface area is 126 Å². The van der Waals surface area contributed by atoms with Gasteiger partial charge in [0, 0.05) is 39.6 Å². The molecule has 0 aromatic heterocycles. The van der Waals surface area contributed by atoms with Gasteiger partial charge in [-0.2, -0.15) is 0 Å². The Morgan fingerprint density at radius 1 is 1.43 bits per heavy atom. The largest absolute Gasteiger partial charge is 0.444 e. The molecule has 0 aromatic carbocycles. The van der Waals surface area contributed by atoms with Crippen LogP contribution in [-0.2, 0) is 9.53 Å². The maximum Gasteiger partial charge on any atom is 0.411 e. The Bertz CT molecular complexity index is 428. The average molecular weight is 297 g/mol. The maximum atomic E-state index is 12.6. The van der Waals surface area contributed by atoms with E-state index in [1.54, 1.807) is 18.9 Å². The Morgan fingerprint density at radius 2 is 2.10 bits per heavy atom. The molecule has 6 nitrogen and oxygen atoms in total. The number of nitrogens with one attached hydrogen (secondary N) is 1. The molecule has 2 unspecified atom stereocenters. The first-order chi connectivity index (χ1) is 9.65. The molecule has 6 heteroatoms. The zero-order valence-electron chi connectivity index (χ0n) is 13.7. The van der Waals surface area contributed by atoms with Crippen LogP contribution in [0.1, 0.15) is 40.5 Å². The molecule has 0 aliphatic carbocycles. The Kier molecular flexibility index (Phi) is 4.19. The fraction of sp³-hybridized carbons (Fsp3) is 0.867. The van der Waals surface area contributed by atoms with Gasteiger partial charge in [0.05, 0.1) is 5.54 Å². The van der Waals surface area contributed by atoms with Gasteiger partial charge in [-0.3, -0.25) is 9.69 Å². The van der Waals surface area contributed by atoms with Crippen molar-refractivity contribution < 1.29 is 14.3 Å². The minimum Gasteiger partial charge on any atom is -0.444 e. The molecule has 21 heavy (non-hydrogen) atoms. The van der Waals surface area contributed by atoms with Crippen LogP contribution >= 0.6 is 0 Å². The second-order valence-electron chi connectivity index (χ2n) is 7.27. The van der Waals surface area contributed by atoms with E-state index in [1.807, 2.05) is 25.7 Å². The summed E-state index contributed by atoms with van der Waals surface area (Å²) in [5.41, 5.74) is -0.846. The highest BCUT2D eigenvalue weighted by molar-refractivity contribution is 5.74. The molecule has 2 rings (SSSR count). The lowest BCUT2D eigenvalue weighted by atomic mass is 9.95. The molecule has 2 saturated heterocycles. The number of hydrogen-bond donors (Lipinski definition) is 1. The van der Waals surface area contributed by atoms with Gasteiger partial charge in [-0.15, -0.1) is 0 Å². The molecule has 2 bridgehead atoms. The van der Waals surface area contributed by atoms with Crippen LogP contribution in [-0.4, -0.2) is 65.7 Å². The molecule has 2 fully saturated rings. The van der Waals surface area contributed by atoms with E-state index in [0.717, 1.165) is 19.4 Å². The number of nitrogens with zero attached hydrogens (tertiary/aromatic N) is 2. The van der Waals surface area contributed by atoms with Crippen LogP contribution in [0, 0.1) is 0 Å². The molecule has 0 spiro atoms. The first kappa shape index (κ1) is 16.1. The van der Waals surface area contributed by atoms with Gasteiger partial charge in [0.25, 0.3) is 0 Å². The maximum absolute atomic E-state index is 12.6. The predicted octanol–water partition coefficient (Wildman–Crippen LogP) is 1.21. The van der Waals surface area contributed by atoms with Crippen molar-refractivity contribution in [3.8, 4) is 0 Å². The van der Waals surface area contributed by atoms with E-state index in [1.165, 1.54) is 0 Å². The zero-order valence-corrected chi connectivity index (χ0v) is 13.7. The topological polar surface area (TPSA) is 61.9 Å². The number of likely N-dealkylation sites (N-methyl/N-ethyl adjacent to an activating group) is 1. The van der Waals surface area contributed by atoms with Crippen molar-refractivity contribution in [1.29, 1.82) is 0 Å². The van der Waals surface area contributed by atoms with Crippen molar-refractivity contribution in [1.82, 2.24) is 15.1 Å². The number of rotatable bonds is 2. The summed E-state index contributed by atoms with van der Waals surface area (Å²) < 4.78 is 5.58. The molecule has 0 aromatic rings. The minimum absolute atomic E-state index is 0.0162. The molecular weight excluding hydrogens is 270 g/mol. The summed E-state index contributed by atoms with van der Waals surface area (Å²) in [6.07, 6.45) is 1.60. The summed E-state index contributed by atoms with van der Waals surface area (Å²) in [4.78, 5) is 27.7. The van der Waals surface area contributed by atoms with Gasteiger partial charge in [-0.05, 0) is 33.6 Å². The van der Waals surface area contributed by atoms with Crippen molar-refractivity contribution >= 4 is 12.0 Å². The van der Waals surface area contributed by atoms with Crippen LogP contribution in [0.3, 0.4) is 0 Å². The first-order valence-corrected chi connectivity index (χ1v) is 7.59. The number of carbonyl (C=O) groups excluding carboxylic acids is 2. The Hall–Kier alpha value is -1.30. The summed E-state index contributed by atoms with van der Waals surface area (Å²) in [6, 6.07) is 0.161. The molecule has 2 heterocycles. The fourth-order valence-corrected chi connectivity index (χ4v) is 3.33. The van der Waals surface area contributed by atoms with Crippen LogP contribution < -0.4 is 5.32 Å². The lowest BCUT2D eigenvalue weighted by molar-refractivity contribution is -0.129. The van der Waals surface area contributed by atoms with Gasteiger partial charge in [0.1, 0.15) is 5.60 Å². The molecule has 2 amide bonds. The van der Waals surface area contributed by atoms with Crippen molar-refractivity contribution in [2.24, 2.45) is 0 Å². The standard InChI is InChI=1S/C15H27N3O3/c1-11(19)17(5)10-15-7-6-12(8-16-9-15)18(15)13(20)21-14(2,3)4/h12,16H,6-10H2,1-5H3. The van der Waals surface area contributed by atoms with Crippen molar-refractivity contribution in [2.75, 3.05) is 26.7 Å². The summed E-state index contributed by atoms with van der Waals surface area (Å²) in [7, 11) is 1.78. The van der Waals surface area contributed by atoms with E-state index >= 15 is 0 Å². The van der Waals surface area contributed by atoms with Gasteiger partial charge in [0.15, 0.2) is 0 Å². The average Bonchev–Trinajstić information content (AvgIpc) is 2.54. The summed E-state index contributed by atoms with van der Waals surface area (Å²) in [6.45, 7) is 9.24. The van der Waals surface area contributed by atoms with E-state index in [9.17, 15) is 9.59 Å². The molecule has 1 N–H and O–H groups in total. The summed E-state index contributed by atoms with van der Waals surface area (Å²) >= 11 is 0. The van der Waals surface area contributed by atoms with Gasteiger partial charge in [-0.1, -0.05) is 0 Å². The van der Waals surface area contributed by atoms with Crippen molar-refractivity contribution in [3.05, 3.63) is 0 Å². The lowest BCUT2D eigenvalue weighted by Gasteiger charge is -2.46. The van der Waals surface area contributed by atoms with Crippen LogP contribution in [0.5, 0.6) is 0 Å². The molecule has 0 radical (unpaired) electrons. The second-order valence-corrected chi connectivity index (χ2v) is 7.27.